The molecule has 1 aromatic carbocycles. The maximum Gasteiger partial charge on any atom is 0.125 e. The number of hydrogen-bond acceptors (Lipinski definition) is 3. The highest BCUT2D eigenvalue weighted by Gasteiger charge is 2.04. The van der Waals surface area contributed by atoms with Crippen LogP contribution in [0.5, 0.6) is 5.75 Å². The average molecular weight is 251 g/mol. The van der Waals surface area contributed by atoms with Crippen molar-refractivity contribution in [1.29, 1.82) is 0 Å². The van der Waals surface area contributed by atoms with Crippen LogP contribution in [0.3, 0.4) is 0 Å². The molecular formula is C15H25NO2. The van der Waals surface area contributed by atoms with Gasteiger partial charge in [0.25, 0.3) is 0 Å². The number of aliphatic hydroxyl groups is 1. The number of aryl methyl sites for hydroxylation is 2. The number of unbranched alkanes of at least 4 members (excludes halogenated alkanes) is 1. The molecule has 0 aromatic heterocycles. The molecule has 1 unspecified atom stereocenters. The summed E-state index contributed by atoms with van der Waals surface area (Å²) < 4.78 is 5.75. The molecule has 1 atom stereocenters. The fourth-order valence-corrected chi connectivity index (χ4v) is 1.91. The second-order valence-electron chi connectivity index (χ2n) is 4.68. The molecular weight excluding hydrogens is 226 g/mol. The lowest BCUT2D eigenvalue weighted by Gasteiger charge is -2.15. The van der Waals surface area contributed by atoms with E-state index in [-0.39, 0.29) is 0 Å². The smallest absolute Gasteiger partial charge is 0.125 e. The van der Waals surface area contributed by atoms with E-state index in [1.807, 2.05) is 32.0 Å². The van der Waals surface area contributed by atoms with E-state index < -0.39 is 6.23 Å². The van der Waals surface area contributed by atoms with E-state index in [1.54, 1.807) is 0 Å². The van der Waals surface area contributed by atoms with Gasteiger partial charge in [-0.05, 0) is 37.8 Å². The second-order valence-corrected chi connectivity index (χ2v) is 4.68. The first-order chi connectivity index (χ1) is 8.65. The molecule has 0 heterocycles. The highest BCUT2D eigenvalue weighted by molar-refractivity contribution is 5.39. The number of aliphatic hydroxyl groups excluding tert-OH is 1. The first-order valence-corrected chi connectivity index (χ1v) is 6.75. The van der Waals surface area contributed by atoms with Crippen LogP contribution >= 0.6 is 0 Å². The minimum absolute atomic E-state index is 0.411. The molecule has 2 N–H and O–H groups in total. The number of benzene rings is 1. The van der Waals surface area contributed by atoms with Gasteiger partial charge in [-0.3, -0.25) is 5.32 Å². The van der Waals surface area contributed by atoms with Gasteiger partial charge in [0.05, 0.1) is 0 Å². The van der Waals surface area contributed by atoms with Crippen LogP contribution in [0, 0.1) is 13.8 Å². The SMILES string of the molecule is CCCCC(O)NCCOc1c(C)cccc1C. The third-order valence-corrected chi connectivity index (χ3v) is 2.97. The summed E-state index contributed by atoms with van der Waals surface area (Å²) in [4.78, 5) is 0. The standard InChI is InChI=1S/C15H25NO2/c1-4-5-9-14(17)16-10-11-18-15-12(2)7-6-8-13(15)3/h6-8,14,16-17H,4-5,9-11H2,1-3H3. The molecule has 102 valence electrons. The van der Waals surface area contributed by atoms with Crippen LogP contribution in [0.4, 0.5) is 0 Å². The van der Waals surface area contributed by atoms with Crippen molar-refractivity contribution in [3.8, 4) is 5.75 Å². The largest absolute Gasteiger partial charge is 0.492 e. The quantitative estimate of drug-likeness (QED) is 0.551. The summed E-state index contributed by atoms with van der Waals surface area (Å²) >= 11 is 0. The third-order valence-electron chi connectivity index (χ3n) is 2.97. The van der Waals surface area contributed by atoms with Gasteiger partial charge in [0, 0.05) is 6.54 Å². The Morgan fingerprint density at radius 3 is 2.56 bits per heavy atom. The van der Waals surface area contributed by atoms with Crippen LogP contribution in [0.15, 0.2) is 18.2 Å². The number of ether oxygens (including phenoxy) is 1. The number of nitrogens with one attached hydrogen (secondary N) is 1. The van der Waals surface area contributed by atoms with Crippen molar-refractivity contribution in [3.05, 3.63) is 29.3 Å². The van der Waals surface area contributed by atoms with Gasteiger partial charge in [0.1, 0.15) is 18.6 Å². The molecule has 1 aromatic rings. The van der Waals surface area contributed by atoms with Crippen LogP contribution in [0.2, 0.25) is 0 Å². The van der Waals surface area contributed by atoms with E-state index in [0.717, 1.165) is 36.1 Å². The van der Waals surface area contributed by atoms with E-state index in [2.05, 4.69) is 12.2 Å². The van der Waals surface area contributed by atoms with Crippen molar-refractivity contribution in [3.63, 3.8) is 0 Å². The highest BCUT2D eigenvalue weighted by Crippen LogP contribution is 2.21. The molecule has 0 fully saturated rings. The van der Waals surface area contributed by atoms with Crippen molar-refractivity contribution in [1.82, 2.24) is 5.32 Å². The fraction of sp³-hybridized carbons (Fsp3) is 0.600. The normalized spacial score (nSPS) is 12.4. The molecule has 3 heteroatoms. The molecule has 0 saturated carbocycles. The zero-order chi connectivity index (χ0) is 13.4. The molecule has 18 heavy (non-hydrogen) atoms. The van der Waals surface area contributed by atoms with Gasteiger partial charge >= 0.3 is 0 Å². The summed E-state index contributed by atoms with van der Waals surface area (Å²) in [6.45, 7) is 7.46. The van der Waals surface area contributed by atoms with Gasteiger partial charge < -0.3 is 9.84 Å². The zero-order valence-electron chi connectivity index (χ0n) is 11.7. The minimum Gasteiger partial charge on any atom is -0.492 e. The van der Waals surface area contributed by atoms with Gasteiger partial charge in [-0.15, -0.1) is 0 Å². The summed E-state index contributed by atoms with van der Waals surface area (Å²) in [6.07, 6.45) is 2.55. The highest BCUT2D eigenvalue weighted by atomic mass is 16.5. The first kappa shape index (κ1) is 15.0. The van der Waals surface area contributed by atoms with Gasteiger partial charge in [0.15, 0.2) is 0 Å². The number of para-hydroxylation sites is 1. The summed E-state index contributed by atoms with van der Waals surface area (Å²) in [5.41, 5.74) is 2.31. The average Bonchev–Trinajstić information content (AvgIpc) is 2.35. The monoisotopic (exact) mass is 251 g/mol. The number of hydrogen-bond donors (Lipinski definition) is 2. The van der Waals surface area contributed by atoms with Crippen molar-refractivity contribution in [2.45, 2.75) is 46.3 Å². The van der Waals surface area contributed by atoms with Crippen LogP contribution in [0.25, 0.3) is 0 Å². The maximum absolute atomic E-state index is 9.62. The lowest BCUT2D eigenvalue weighted by Crippen LogP contribution is -2.32. The lowest BCUT2D eigenvalue weighted by molar-refractivity contribution is 0.119. The Hall–Kier alpha value is -1.06. The van der Waals surface area contributed by atoms with Crippen molar-refractivity contribution < 1.29 is 9.84 Å². The summed E-state index contributed by atoms with van der Waals surface area (Å²) in [5.74, 6) is 0.961. The molecule has 0 aliphatic rings. The van der Waals surface area contributed by atoms with E-state index in [9.17, 15) is 5.11 Å². The van der Waals surface area contributed by atoms with Crippen LogP contribution in [-0.2, 0) is 0 Å². The predicted molar refractivity (Wildman–Crippen MR) is 74.9 cm³/mol. The van der Waals surface area contributed by atoms with Crippen LogP contribution in [-0.4, -0.2) is 24.5 Å². The topological polar surface area (TPSA) is 41.5 Å². The van der Waals surface area contributed by atoms with Crippen LogP contribution < -0.4 is 10.1 Å². The van der Waals surface area contributed by atoms with Gasteiger partial charge in [-0.1, -0.05) is 31.5 Å². The number of rotatable bonds is 8. The Kier molecular flexibility index (Phi) is 6.76. The lowest BCUT2D eigenvalue weighted by atomic mass is 10.1. The van der Waals surface area contributed by atoms with Crippen LogP contribution in [0.1, 0.15) is 37.3 Å². The Morgan fingerprint density at radius 2 is 1.94 bits per heavy atom. The van der Waals surface area contributed by atoms with Crippen molar-refractivity contribution in [2.24, 2.45) is 0 Å². The van der Waals surface area contributed by atoms with E-state index in [1.165, 1.54) is 0 Å². The molecule has 0 spiro atoms. The summed E-state index contributed by atoms with van der Waals surface area (Å²) in [5, 5.41) is 12.7. The van der Waals surface area contributed by atoms with Gasteiger partial charge in [0.2, 0.25) is 0 Å². The van der Waals surface area contributed by atoms with Crippen molar-refractivity contribution >= 4 is 0 Å². The molecule has 0 radical (unpaired) electrons. The Morgan fingerprint density at radius 1 is 1.28 bits per heavy atom. The molecule has 0 bridgehead atoms. The van der Waals surface area contributed by atoms with Gasteiger partial charge in [-0.25, -0.2) is 0 Å². The molecule has 0 aliphatic heterocycles. The first-order valence-electron chi connectivity index (χ1n) is 6.75. The Balaban J connectivity index is 2.25. The van der Waals surface area contributed by atoms with Crippen molar-refractivity contribution in [2.75, 3.05) is 13.2 Å². The minimum atomic E-state index is -0.411. The molecule has 0 aliphatic carbocycles. The third kappa shape index (κ3) is 5.07. The maximum atomic E-state index is 9.62. The van der Waals surface area contributed by atoms with Gasteiger partial charge in [-0.2, -0.15) is 0 Å². The summed E-state index contributed by atoms with van der Waals surface area (Å²) in [6, 6.07) is 6.13. The Labute approximate surface area is 110 Å². The van der Waals surface area contributed by atoms with E-state index in [4.69, 9.17) is 4.74 Å². The Bertz CT molecular complexity index is 332. The second kappa shape index (κ2) is 8.11. The zero-order valence-corrected chi connectivity index (χ0v) is 11.7. The molecule has 3 nitrogen and oxygen atoms in total. The van der Waals surface area contributed by atoms with E-state index in [0.29, 0.717) is 13.2 Å². The molecule has 0 amide bonds. The summed E-state index contributed by atoms with van der Waals surface area (Å²) in [7, 11) is 0. The van der Waals surface area contributed by atoms with E-state index >= 15 is 0 Å². The molecule has 0 saturated heterocycles. The predicted octanol–water partition coefficient (Wildman–Crippen LogP) is 2.78. The fourth-order valence-electron chi connectivity index (χ4n) is 1.91. The molecule has 1 rings (SSSR count).